The summed E-state index contributed by atoms with van der Waals surface area (Å²) in [4.78, 5) is 62.5. The maximum absolute atomic E-state index is 14.6. The average molecular weight is 914 g/mol. The first-order chi connectivity index (χ1) is 31.2. The van der Waals surface area contributed by atoms with Crippen LogP contribution in [0.5, 0.6) is 11.5 Å². The number of Topliss-reactive ketones (excluding diaryl/α,β-unsaturated/α-hetero) is 1. The van der Waals surface area contributed by atoms with E-state index in [0.29, 0.717) is 17.9 Å². The summed E-state index contributed by atoms with van der Waals surface area (Å²) in [6.07, 6.45) is 2.67. The summed E-state index contributed by atoms with van der Waals surface area (Å²) < 4.78 is 29.9. The van der Waals surface area contributed by atoms with Gasteiger partial charge in [-0.2, -0.15) is 0 Å². The number of amides is 1. The molecule has 0 spiro atoms. The van der Waals surface area contributed by atoms with Crippen molar-refractivity contribution in [2.45, 2.75) is 98.4 Å². The first-order valence-corrected chi connectivity index (χ1v) is 22.3. The zero-order valence-corrected chi connectivity index (χ0v) is 39.4. The molecule has 1 aliphatic carbocycles. The fourth-order valence-corrected chi connectivity index (χ4v) is 9.34. The largest absolute Gasteiger partial charge is 0.505 e. The number of carbonyl (C=O) groups is 3. The molecule has 2 aliphatic rings. The topological polar surface area (TPSA) is 227 Å². The van der Waals surface area contributed by atoms with Crippen LogP contribution in [0.15, 0.2) is 63.6 Å². The van der Waals surface area contributed by atoms with Gasteiger partial charge in [-0.1, -0.05) is 52.8 Å². The number of aliphatic hydroxyl groups is 3. The van der Waals surface area contributed by atoms with Crippen LogP contribution in [-0.2, 0) is 23.8 Å². The van der Waals surface area contributed by atoms with Gasteiger partial charge in [-0.05, 0) is 58.1 Å². The molecule has 11 atom stereocenters. The quantitative estimate of drug-likeness (QED) is 0.0453. The number of rotatable bonds is 7. The number of phenolic OH excluding ortho intramolecular Hbond substituents is 1. The number of nitrogens with zero attached hydrogens (tertiary/aromatic N) is 2. The van der Waals surface area contributed by atoms with Gasteiger partial charge in [0, 0.05) is 78.3 Å². The standard InChI is InChI=1S/C50H63N3O13/c1-23-14-12-15-24(2)49(60)52-41-46(59)39-37(40-48(41)66-34-22-31(16-17-32(34)51-40)63-20-13-19-53(9)10)38-35(26(4)45(39)58)36(27(5)44(38)57)50(61)64-21-18-33(62-11)25(3)47(65-30(8)54)29(7)43(56)28(6)42(23)55/h12,14-18,21-23,25,27-29,33,36,42-43,47,50,55-56,59,61H,13,19-20H2,1-11H3,(H,52,60)/b14-12+,21-18+,24-15-/t23-,25+,27+,28+,29+,33-,36?,42-,43+,47+,50+/m0/s1. The monoisotopic (exact) mass is 913 g/mol. The predicted octanol–water partition coefficient (Wildman–Crippen LogP) is 6.27. The Morgan fingerprint density at radius 2 is 1.67 bits per heavy atom. The second kappa shape index (κ2) is 20.5. The third kappa shape index (κ3) is 9.74. The van der Waals surface area contributed by atoms with Crippen molar-refractivity contribution in [1.82, 2.24) is 9.88 Å². The van der Waals surface area contributed by atoms with E-state index in [1.807, 2.05) is 19.0 Å². The normalized spacial score (nSPS) is 29.7. The number of aromatic nitrogens is 1. The second-order valence-corrected chi connectivity index (χ2v) is 18.2. The number of hydrogen-bond donors (Lipinski definition) is 5. The van der Waals surface area contributed by atoms with Crippen LogP contribution in [0.2, 0.25) is 0 Å². The van der Waals surface area contributed by atoms with Crippen LogP contribution >= 0.6 is 0 Å². The first kappa shape index (κ1) is 49.8. The Morgan fingerprint density at radius 3 is 2.33 bits per heavy atom. The van der Waals surface area contributed by atoms with E-state index in [0.717, 1.165) is 13.0 Å². The van der Waals surface area contributed by atoms with E-state index in [1.54, 1.807) is 65.0 Å². The van der Waals surface area contributed by atoms with Gasteiger partial charge in [0.05, 0.1) is 42.5 Å². The molecule has 66 heavy (non-hydrogen) atoms. The average Bonchev–Trinajstić information content (AvgIpc) is 3.54. The molecule has 2 heterocycles. The molecule has 1 unspecified atom stereocenters. The van der Waals surface area contributed by atoms with Gasteiger partial charge in [0.2, 0.25) is 6.29 Å². The highest BCUT2D eigenvalue weighted by Gasteiger charge is 2.46. The minimum atomic E-state index is -1.68. The molecule has 1 aliphatic heterocycles. The van der Waals surface area contributed by atoms with Crippen molar-refractivity contribution in [3.63, 3.8) is 0 Å². The summed E-state index contributed by atoms with van der Waals surface area (Å²) in [5.74, 6) is -6.40. The summed E-state index contributed by atoms with van der Waals surface area (Å²) in [7, 11) is 5.38. The number of aromatic hydroxyl groups is 1. The Hall–Kier alpha value is -5.65. The third-order valence-electron chi connectivity index (χ3n) is 13.3. The number of aliphatic hydroxyl groups excluding tert-OH is 3. The molecule has 0 saturated heterocycles. The Morgan fingerprint density at radius 1 is 0.955 bits per heavy atom. The van der Waals surface area contributed by atoms with Crippen molar-refractivity contribution in [1.29, 1.82) is 0 Å². The van der Waals surface area contributed by atoms with Crippen LogP contribution in [0.1, 0.15) is 82.3 Å². The van der Waals surface area contributed by atoms with Gasteiger partial charge in [0.1, 0.15) is 28.6 Å². The lowest BCUT2D eigenvalue weighted by molar-refractivity contribution is -0.160. The number of hydrogen-bond acceptors (Lipinski definition) is 15. The molecule has 5 N–H and O–H groups in total. The number of fused-ring (bicyclic) bond motifs is 7. The molecule has 3 bridgehead atoms. The zero-order chi connectivity index (χ0) is 48.5. The van der Waals surface area contributed by atoms with Gasteiger partial charge < -0.3 is 54.0 Å². The Labute approximate surface area is 383 Å². The van der Waals surface area contributed by atoms with Crippen molar-refractivity contribution in [3.05, 3.63) is 81.3 Å². The van der Waals surface area contributed by atoms with E-state index in [9.17, 15) is 39.6 Å². The number of ketones is 1. The van der Waals surface area contributed by atoms with Crippen molar-refractivity contribution in [3.8, 4) is 11.5 Å². The maximum atomic E-state index is 14.6. The number of phenols is 1. The van der Waals surface area contributed by atoms with Gasteiger partial charge in [0.15, 0.2) is 28.1 Å². The molecule has 1 amide bonds. The minimum Gasteiger partial charge on any atom is -0.505 e. The van der Waals surface area contributed by atoms with E-state index in [2.05, 4.69) is 5.32 Å². The lowest BCUT2D eigenvalue weighted by atomic mass is 9.78. The molecule has 6 rings (SSSR count). The van der Waals surface area contributed by atoms with E-state index in [-0.39, 0.29) is 55.4 Å². The molecule has 16 heteroatoms. The molecule has 1 aromatic heterocycles. The van der Waals surface area contributed by atoms with Crippen LogP contribution in [0.25, 0.3) is 33.0 Å². The van der Waals surface area contributed by atoms with E-state index in [4.69, 9.17) is 28.3 Å². The molecule has 4 aromatic rings. The molecule has 0 fully saturated rings. The molecule has 0 radical (unpaired) electrons. The number of carbonyl (C=O) groups excluding carboxylic acids is 3. The van der Waals surface area contributed by atoms with Gasteiger partial charge in [0.25, 0.3) is 5.91 Å². The smallest absolute Gasteiger partial charge is 0.302 e. The summed E-state index contributed by atoms with van der Waals surface area (Å²) in [6, 6.07) is 5.02. The number of ether oxygens (including phenoxy) is 4. The van der Waals surface area contributed by atoms with Crippen molar-refractivity contribution in [2.24, 2.45) is 29.6 Å². The Balaban J connectivity index is 1.57. The number of benzene rings is 3. The fourth-order valence-electron chi connectivity index (χ4n) is 9.34. The molecule has 356 valence electrons. The second-order valence-electron chi connectivity index (χ2n) is 18.2. The number of anilines is 1. The molecule has 16 nitrogen and oxygen atoms in total. The highest BCUT2D eigenvalue weighted by Crippen LogP contribution is 2.49. The molecular weight excluding hydrogens is 851 g/mol. The lowest BCUT2D eigenvalue weighted by Gasteiger charge is -2.38. The molecule has 3 aromatic carbocycles. The fraction of sp³-hybridized carbons (Fsp3) is 0.500. The van der Waals surface area contributed by atoms with Crippen LogP contribution in [0.3, 0.4) is 0 Å². The number of esters is 1. The first-order valence-electron chi connectivity index (χ1n) is 22.3. The maximum Gasteiger partial charge on any atom is 0.302 e. The van der Waals surface area contributed by atoms with Crippen LogP contribution < -0.4 is 15.5 Å². The van der Waals surface area contributed by atoms with E-state index < -0.39 is 95.1 Å². The van der Waals surface area contributed by atoms with Crippen molar-refractivity contribution < 1.29 is 58.2 Å². The third-order valence-corrected chi connectivity index (χ3v) is 13.3. The van der Waals surface area contributed by atoms with Crippen molar-refractivity contribution in [2.75, 3.05) is 39.7 Å². The summed E-state index contributed by atoms with van der Waals surface area (Å²) in [5.41, 5.74) is 0.0121. The summed E-state index contributed by atoms with van der Waals surface area (Å²) in [6.45, 7) is 14.1. The molecular formula is C50H63N3O13. The summed E-state index contributed by atoms with van der Waals surface area (Å²) in [5, 5.41) is 49.4. The van der Waals surface area contributed by atoms with Gasteiger partial charge in [-0.15, -0.1) is 0 Å². The zero-order valence-electron chi connectivity index (χ0n) is 39.4. The highest BCUT2D eigenvalue weighted by atomic mass is 16.6. The minimum absolute atomic E-state index is 0.00793. The summed E-state index contributed by atoms with van der Waals surface area (Å²) >= 11 is 0. The van der Waals surface area contributed by atoms with Crippen molar-refractivity contribution >= 4 is 56.3 Å². The number of nitrogens with one attached hydrogen (secondary N) is 1. The van der Waals surface area contributed by atoms with Gasteiger partial charge in [-0.25, -0.2) is 4.98 Å². The lowest BCUT2D eigenvalue weighted by Crippen LogP contribution is -2.46. The van der Waals surface area contributed by atoms with Crippen LogP contribution in [0, 0.1) is 36.5 Å². The SMILES string of the molecule is CO[C@H]1/C=C/O[C@@H](O)C2c3c(C)c(=O)c4c(O)c(c5oc6cc(OCCCN(C)C)ccc6nc5c4c3C(=O)[C@@H]2C)NC(=O)/C(C)=C\C=C\[C@H](C)[C@H](O)[C@@H](C)[C@@H](O)[C@@H](C)[C@H](OC(C)=O)[C@@H]1C. The van der Waals surface area contributed by atoms with E-state index in [1.165, 1.54) is 46.3 Å². The van der Waals surface area contributed by atoms with Gasteiger partial charge >= 0.3 is 5.97 Å². The predicted molar refractivity (Wildman–Crippen MR) is 249 cm³/mol. The number of allylic oxidation sites excluding steroid dienone is 2. The molecule has 0 saturated carbocycles. The Kier molecular flexibility index (Phi) is 15.4. The van der Waals surface area contributed by atoms with E-state index >= 15 is 0 Å². The highest BCUT2D eigenvalue weighted by molar-refractivity contribution is 6.25. The van der Waals surface area contributed by atoms with Crippen LogP contribution in [-0.4, -0.2) is 113 Å². The van der Waals surface area contributed by atoms with Crippen LogP contribution in [0.4, 0.5) is 5.69 Å². The Bertz CT molecular complexity index is 2650. The van der Waals surface area contributed by atoms with Gasteiger partial charge in [-0.3, -0.25) is 19.2 Å². The number of methoxy groups -OCH3 is 1.